The van der Waals surface area contributed by atoms with Crippen molar-refractivity contribution in [3.05, 3.63) is 154 Å². The molecule has 9 amide bonds. The number of benzene rings is 5. The topological polar surface area (TPSA) is 364 Å². The van der Waals surface area contributed by atoms with Crippen LogP contribution in [-0.2, 0) is 57.6 Å². The number of para-hydroxylation sites is 1. The number of H-pyrrole nitrogens is 1. The summed E-state index contributed by atoms with van der Waals surface area (Å²) in [5, 5.41) is 34.4. The number of unbranched alkanes of at least 4 members (excludes halogenated alkanes) is 1. The number of rotatable bonds is 30. The van der Waals surface area contributed by atoms with Gasteiger partial charge in [0, 0.05) is 52.0 Å². The lowest BCUT2D eigenvalue weighted by Gasteiger charge is -2.28. The number of hydrogen-bond acceptors (Lipinski definition) is 14. The van der Waals surface area contributed by atoms with Gasteiger partial charge < -0.3 is 69.8 Å². The monoisotopic (exact) mass is 1210 g/mol. The van der Waals surface area contributed by atoms with Crippen LogP contribution >= 0.6 is 36.9 Å². The van der Waals surface area contributed by atoms with Crippen LogP contribution < -0.4 is 59.7 Å². The quantitative estimate of drug-likeness (QED) is 0.0172. The summed E-state index contributed by atoms with van der Waals surface area (Å²) in [6, 6.07) is 23.5. The van der Waals surface area contributed by atoms with Gasteiger partial charge in [-0.25, -0.2) is 0 Å². The molecule has 1 heterocycles. The highest BCUT2D eigenvalue weighted by molar-refractivity contribution is 7.80. The van der Waals surface area contributed by atoms with Crippen molar-refractivity contribution in [3.8, 4) is 0 Å². The number of nitrogens with two attached hydrogens (primary N) is 3. The molecular formula is C59H71ClN12O10S2. The molecule has 0 saturated heterocycles. The standard InChI is InChI=1S/C59H71ClN12O10S2/c1-32-11-3-6-14-40(32)52(75)71-51(72-57(80)48(31-84)68-53(76)42(62)26-34-19-22-39(60)23-20-34)59(82)67-46(28-38-29-64-43-16-8-7-15-41(38)43)55(78)65-44(17-9-10-24-61)54(77)70-49(33(2)73)58(81)69-47(30-83)56(79)66-45(50(63)74)27-35-18-21-36-12-4-5-13-37(36)25-35/h3-8,11-16,18-23,25,29,33,42,44-49,51,64,73,83-84H,9-10,17,24,26-28,30-31,61-62H2,1-2H3,(H2,63,74)(H,65,78)(H,66,79)(H,67,82)(H,68,76)(H,69,81)(H,70,77)(H,71,75)(H,72,80)/t33-,42+,44+,45+,46-,47+,48-,49+,51-/m1/s1. The third-order valence-corrected chi connectivity index (χ3v) is 14.8. The van der Waals surface area contributed by atoms with E-state index in [0.29, 0.717) is 44.6 Å². The lowest BCUT2D eigenvalue weighted by molar-refractivity contribution is -0.136. The van der Waals surface area contributed by atoms with E-state index in [1.807, 2.05) is 36.4 Å². The number of nitrogens with one attached hydrogen (secondary N) is 9. The Morgan fingerprint density at radius 1 is 0.583 bits per heavy atom. The number of aliphatic hydroxyl groups excluding tert-OH is 1. The Balaban J connectivity index is 1.22. The number of aromatic nitrogens is 1. The number of carbonyl (C=O) groups is 9. The number of aliphatic hydroxyl groups is 1. The summed E-state index contributed by atoms with van der Waals surface area (Å²) >= 11 is 14.6. The van der Waals surface area contributed by atoms with E-state index < -0.39 is 108 Å². The van der Waals surface area contributed by atoms with E-state index in [1.54, 1.807) is 85.9 Å². The predicted octanol–water partition coefficient (Wildman–Crippen LogP) is 1.27. The lowest BCUT2D eigenvalue weighted by Crippen LogP contribution is -2.64. The normalized spacial score (nSPS) is 14.4. The molecule has 25 heteroatoms. The molecule has 0 spiro atoms. The van der Waals surface area contributed by atoms with Gasteiger partial charge in [0.25, 0.3) is 11.8 Å². The van der Waals surface area contributed by atoms with Crippen LogP contribution in [0.3, 0.4) is 0 Å². The number of halogens is 1. The fraction of sp³-hybridized carbons (Fsp3) is 0.339. The molecule has 84 heavy (non-hydrogen) atoms. The van der Waals surface area contributed by atoms with E-state index in [0.717, 1.165) is 10.8 Å². The molecule has 0 fully saturated rings. The Morgan fingerprint density at radius 2 is 1.15 bits per heavy atom. The van der Waals surface area contributed by atoms with Crippen molar-refractivity contribution >= 4 is 112 Å². The second kappa shape index (κ2) is 31.6. The van der Waals surface area contributed by atoms with Crippen LogP contribution in [0.5, 0.6) is 0 Å². The van der Waals surface area contributed by atoms with Gasteiger partial charge in [-0.1, -0.05) is 103 Å². The van der Waals surface area contributed by atoms with Crippen LogP contribution in [0.15, 0.2) is 121 Å². The van der Waals surface area contributed by atoms with Crippen LogP contribution in [-0.4, -0.2) is 136 Å². The summed E-state index contributed by atoms with van der Waals surface area (Å²) in [5.74, 6) is -8.69. The zero-order valence-electron chi connectivity index (χ0n) is 46.2. The van der Waals surface area contributed by atoms with Crippen LogP contribution in [0, 0.1) is 6.92 Å². The molecule has 0 bridgehead atoms. The summed E-state index contributed by atoms with van der Waals surface area (Å²) < 4.78 is 0. The zero-order valence-corrected chi connectivity index (χ0v) is 48.8. The van der Waals surface area contributed by atoms with E-state index in [9.17, 15) is 48.3 Å². The van der Waals surface area contributed by atoms with E-state index in [1.165, 1.54) is 13.0 Å². The van der Waals surface area contributed by atoms with Gasteiger partial charge in [0.05, 0.1) is 12.1 Å². The molecule has 9 atom stereocenters. The minimum absolute atomic E-state index is 0.0257. The molecule has 16 N–H and O–H groups in total. The van der Waals surface area contributed by atoms with Gasteiger partial charge in [-0.15, -0.1) is 0 Å². The molecule has 0 saturated carbocycles. The van der Waals surface area contributed by atoms with Gasteiger partial charge in [0.15, 0.2) is 6.17 Å². The van der Waals surface area contributed by atoms with E-state index in [4.69, 9.17) is 28.8 Å². The van der Waals surface area contributed by atoms with Crippen molar-refractivity contribution in [2.45, 2.75) is 107 Å². The molecule has 0 aliphatic rings. The van der Waals surface area contributed by atoms with E-state index in [-0.39, 0.29) is 55.7 Å². The molecule has 0 radical (unpaired) electrons. The molecule has 1 aromatic heterocycles. The highest BCUT2D eigenvalue weighted by Gasteiger charge is 2.36. The Hall–Kier alpha value is -8.00. The van der Waals surface area contributed by atoms with E-state index in [2.05, 4.69) is 72.8 Å². The molecule has 0 aliphatic heterocycles. The summed E-state index contributed by atoms with van der Waals surface area (Å²) in [5.41, 5.74) is 21.1. The van der Waals surface area contributed by atoms with Crippen LogP contribution in [0.4, 0.5) is 0 Å². The molecule has 22 nitrogen and oxygen atoms in total. The van der Waals surface area contributed by atoms with Gasteiger partial charge >= 0.3 is 0 Å². The van der Waals surface area contributed by atoms with Gasteiger partial charge in [0.2, 0.25) is 41.4 Å². The summed E-state index contributed by atoms with van der Waals surface area (Å²) in [4.78, 5) is 129. The molecule has 0 aliphatic carbocycles. The number of carbonyl (C=O) groups excluding carboxylic acids is 9. The van der Waals surface area contributed by atoms with E-state index >= 15 is 0 Å². The second-order valence-corrected chi connectivity index (χ2v) is 21.4. The maximum Gasteiger partial charge on any atom is 0.264 e. The lowest BCUT2D eigenvalue weighted by atomic mass is 10.0. The minimum Gasteiger partial charge on any atom is -0.391 e. The Labute approximate surface area is 501 Å². The molecule has 6 aromatic rings. The molecule has 446 valence electrons. The first-order valence-corrected chi connectivity index (χ1v) is 28.7. The van der Waals surface area contributed by atoms with Crippen LogP contribution in [0.2, 0.25) is 5.02 Å². The largest absolute Gasteiger partial charge is 0.391 e. The second-order valence-electron chi connectivity index (χ2n) is 20.2. The van der Waals surface area contributed by atoms with Gasteiger partial charge in [0.1, 0.15) is 36.3 Å². The maximum atomic E-state index is 14.8. The zero-order chi connectivity index (χ0) is 61.0. The molecule has 6 rings (SSSR count). The third-order valence-electron chi connectivity index (χ3n) is 13.8. The number of fused-ring (bicyclic) bond motifs is 2. The highest BCUT2D eigenvalue weighted by Crippen LogP contribution is 2.21. The van der Waals surface area contributed by atoms with Gasteiger partial charge in [-0.3, -0.25) is 43.2 Å². The van der Waals surface area contributed by atoms with Gasteiger partial charge in [-0.2, -0.15) is 25.3 Å². The summed E-state index contributed by atoms with van der Waals surface area (Å²) in [7, 11) is 0. The first-order valence-electron chi connectivity index (χ1n) is 27.1. The Bertz CT molecular complexity index is 3310. The molecular weight excluding hydrogens is 1140 g/mol. The third kappa shape index (κ3) is 18.5. The number of hydrogen-bond donors (Lipinski definition) is 15. The van der Waals surface area contributed by atoms with Crippen molar-refractivity contribution in [3.63, 3.8) is 0 Å². The highest BCUT2D eigenvalue weighted by atomic mass is 35.5. The maximum absolute atomic E-state index is 14.8. The Kier molecular flexibility index (Phi) is 24.5. The number of aryl methyl sites for hydroxylation is 1. The van der Waals surface area contributed by atoms with Gasteiger partial charge in [-0.05, 0) is 103 Å². The van der Waals surface area contributed by atoms with Crippen molar-refractivity contribution in [1.82, 2.24) is 47.5 Å². The van der Waals surface area contributed by atoms with Crippen molar-refractivity contribution in [1.29, 1.82) is 0 Å². The van der Waals surface area contributed by atoms with Crippen molar-refractivity contribution < 1.29 is 48.3 Å². The smallest absolute Gasteiger partial charge is 0.264 e. The predicted molar refractivity (Wildman–Crippen MR) is 326 cm³/mol. The van der Waals surface area contributed by atoms with Crippen LogP contribution in [0.1, 0.15) is 58.8 Å². The molecule has 5 aromatic carbocycles. The average molecular weight is 1210 g/mol. The number of aromatic amines is 1. The number of thiol groups is 2. The Morgan fingerprint density at radius 3 is 1.82 bits per heavy atom. The fourth-order valence-corrected chi connectivity index (χ4v) is 9.76. The van der Waals surface area contributed by atoms with Crippen LogP contribution in [0.25, 0.3) is 21.7 Å². The summed E-state index contributed by atoms with van der Waals surface area (Å²) in [6.45, 7) is 3.09. The number of amides is 9. The first-order chi connectivity index (χ1) is 40.2. The summed E-state index contributed by atoms with van der Waals surface area (Å²) in [6.07, 6.45) is -1.37. The van der Waals surface area contributed by atoms with Crippen molar-refractivity contribution in [2.75, 3.05) is 18.1 Å². The average Bonchev–Trinajstić information content (AvgIpc) is 4.11. The molecule has 0 unspecified atom stereocenters. The minimum atomic E-state index is -1.91. The van der Waals surface area contributed by atoms with Crippen molar-refractivity contribution in [2.24, 2.45) is 17.2 Å². The fourth-order valence-electron chi connectivity index (χ4n) is 9.12. The number of primary amides is 1. The first kappa shape index (κ1) is 65.2. The SMILES string of the molecule is Cc1ccccc1C(=O)N[C@H](NC(=O)[C@@H](CS)NC(=O)[C@@H](N)Cc1ccc(Cl)cc1)C(=O)N[C@H](Cc1c[nH]c2ccccc12)C(=O)N[C@@H](CCCCN)C(=O)N[C@H](C(=O)N[C@@H](CS)C(=O)N[C@@H](Cc1ccc2ccccc2c1)C(N)=O)[C@@H](C)O.